The molecule has 2 N–H and O–H groups in total. The lowest BCUT2D eigenvalue weighted by Gasteiger charge is -2.20. The maximum atomic E-state index is 11.3. The van der Waals surface area contributed by atoms with Crippen molar-refractivity contribution < 1.29 is 19.8 Å². The predicted octanol–water partition coefficient (Wildman–Crippen LogP) is 4.33. The SMILES string of the molecule is CCCCCC(CCC)CC(CCCC(=O)O)C(=O)O. The molecule has 118 valence electrons. The third kappa shape index (κ3) is 9.82. The summed E-state index contributed by atoms with van der Waals surface area (Å²) in [7, 11) is 0. The number of hydrogen-bond donors (Lipinski definition) is 2. The lowest BCUT2D eigenvalue weighted by Crippen LogP contribution is -2.18. The molecular formula is C16H30O4. The average Bonchev–Trinajstić information content (AvgIpc) is 2.37. The first-order chi connectivity index (χ1) is 9.51. The molecule has 0 fully saturated rings. The summed E-state index contributed by atoms with van der Waals surface area (Å²) in [6.07, 6.45) is 8.52. The van der Waals surface area contributed by atoms with Crippen LogP contribution in [0.15, 0.2) is 0 Å². The quantitative estimate of drug-likeness (QED) is 0.494. The third-order valence-electron chi connectivity index (χ3n) is 3.82. The Morgan fingerprint density at radius 3 is 2.10 bits per heavy atom. The zero-order valence-corrected chi connectivity index (χ0v) is 12.9. The van der Waals surface area contributed by atoms with Crippen molar-refractivity contribution in [2.24, 2.45) is 11.8 Å². The van der Waals surface area contributed by atoms with E-state index >= 15 is 0 Å². The van der Waals surface area contributed by atoms with Crippen molar-refractivity contribution in [3.05, 3.63) is 0 Å². The first-order valence-electron chi connectivity index (χ1n) is 7.95. The zero-order valence-electron chi connectivity index (χ0n) is 12.9. The van der Waals surface area contributed by atoms with Crippen LogP contribution in [0.2, 0.25) is 0 Å². The van der Waals surface area contributed by atoms with E-state index in [1.807, 2.05) is 0 Å². The van der Waals surface area contributed by atoms with Gasteiger partial charge in [-0.25, -0.2) is 0 Å². The molecule has 0 aliphatic carbocycles. The van der Waals surface area contributed by atoms with E-state index in [1.165, 1.54) is 19.3 Å². The van der Waals surface area contributed by atoms with Crippen LogP contribution in [0.5, 0.6) is 0 Å². The minimum absolute atomic E-state index is 0.0675. The lowest BCUT2D eigenvalue weighted by atomic mass is 9.85. The van der Waals surface area contributed by atoms with Crippen molar-refractivity contribution in [1.82, 2.24) is 0 Å². The van der Waals surface area contributed by atoms with Gasteiger partial charge in [0.1, 0.15) is 0 Å². The van der Waals surface area contributed by atoms with E-state index in [-0.39, 0.29) is 12.3 Å². The van der Waals surface area contributed by atoms with E-state index in [1.54, 1.807) is 0 Å². The largest absolute Gasteiger partial charge is 0.481 e. The van der Waals surface area contributed by atoms with Crippen LogP contribution in [-0.2, 0) is 9.59 Å². The number of carboxylic acids is 2. The van der Waals surface area contributed by atoms with Crippen LogP contribution in [0.1, 0.15) is 78.1 Å². The van der Waals surface area contributed by atoms with Crippen LogP contribution < -0.4 is 0 Å². The molecule has 0 heterocycles. The summed E-state index contributed by atoms with van der Waals surface area (Å²) in [4.78, 5) is 21.8. The summed E-state index contributed by atoms with van der Waals surface area (Å²) >= 11 is 0. The normalized spacial score (nSPS) is 13.9. The summed E-state index contributed by atoms with van der Waals surface area (Å²) in [5.41, 5.74) is 0. The molecule has 0 radical (unpaired) electrons. The molecule has 0 aromatic rings. The van der Waals surface area contributed by atoms with Crippen LogP contribution in [0, 0.1) is 11.8 Å². The van der Waals surface area contributed by atoms with Gasteiger partial charge in [-0.05, 0) is 25.2 Å². The molecular weight excluding hydrogens is 256 g/mol. The molecule has 0 rings (SSSR count). The Morgan fingerprint density at radius 1 is 0.900 bits per heavy atom. The number of hydrogen-bond acceptors (Lipinski definition) is 2. The fraction of sp³-hybridized carbons (Fsp3) is 0.875. The highest BCUT2D eigenvalue weighted by atomic mass is 16.4. The second-order valence-corrected chi connectivity index (χ2v) is 5.71. The number of aliphatic carboxylic acids is 2. The van der Waals surface area contributed by atoms with E-state index in [0.29, 0.717) is 25.2 Å². The van der Waals surface area contributed by atoms with Gasteiger partial charge in [-0.3, -0.25) is 9.59 Å². The monoisotopic (exact) mass is 286 g/mol. The minimum Gasteiger partial charge on any atom is -0.481 e. The maximum absolute atomic E-state index is 11.3. The van der Waals surface area contributed by atoms with E-state index in [0.717, 1.165) is 19.3 Å². The van der Waals surface area contributed by atoms with Crippen molar-refractivity contribution in [3.8, 4) is 0 Å². The summed E-state index contributed by atoms with van der Waals surface area (Å²) in [5.74, 6) is -1.53. The molecule has 0 spiro atoms. The Hall–Kier alpha value is -1.06. The molecule has 0 saturated carbocycles. The standard InChI is InChI=1S/C16H30O4/c1-3-5-6-9-13(8-4-2)12-14(16(19)20)10-7-11-15(17)18/h13-14H,3-12H2,1-2H3,(H,17,18)(H,19,20). The van der Waals surface area contributed by atoms with Crippen LogP contribution in [0.4, 0.5) is 0 Å². The molecule has 4 nitrogen and oxygen atoms in total. The van der Waals surface area contributed by atoms with Gasteiger partial charge in [0.05, 0.1) is 5.92 Å². The molecule has 0 saturated heterocycles. The Kier molecular flexibility index (Phi) is 11.1. The number of rotatable bonds is 13. The lowest BCUT2D eigenvalue weighted by molar-refractivity contribution is -0.143. The van der Waals surface area contributed by atoms with Gasteiger partial charge in [0.25, 0.3) is 0 Å². The van der Waals surface area contributed by atoms with E-state index < -0.39 is 11.9 Å². The van der Waals surface area contributed by atoms with Crippen LogP contribution in [0.25, 0.3) is 0 Å². The highest BCUT2D eigenvalue weighted by Crippen LogP contribution is 2.26. The van der Waals surface area contributed by atoms with Gasteiger partial charge in [-0.15, -0.1) is 0 Å². The molecule has 0 bridgehead atoms. The molecule has 0 aromatic heterocycles. The number of carbonyl (C=O) groups is 2. The third-order valence-corrected chi connectivity index (χ3v) is 3.82. The molecule has 0 aromatic carbocycles. The van der Waals surface area contributed by atoms with Crippen molar-refractivity contribution in [3.63, 3.8) is 0 Å². The first-order valence-corrected chi connectivity index (χ1v) is 7.95. The van der Waals surface area contributed by atoms with Crippen molar-refractivity contribution >= 4 is 11.9 Å². The first kappa shape index (κ1) is 18.9. The van der Waals surface area contributed by atoms with Gasteiger partial charge in [0, 0.05) is 6.42 Å². The fourth-order valence-corrected chi connectivity index (χ4v) is 2.72. The van der Waals surface area contributed by atoms with Gasteiger partial charge in [-0.1, -0.05) is 52.4 Å². The highest BCUT2D eigenvalue weighted by Gasteiger charge is 2.22. The van der Waals surface area contributed by atoms with Gasteiger partial charge < -0.3 is 10.2 Å². The maximum Gasteiger partial charge on any atom is 0.306 e. The Labute approximate surface area is 122 Å². The second-order valence-electron chi connectivity index (χ2n) is 5.71. The second kappa shape index (κ2) is 11.7. The number of carboxylic acid groups (broad SMARTS) is 2. The molecule has 0 aliphatic heterocycles. The molecule has 2 unspecified atom stereocenters. The van der Waals surface area contributed by atoms with Crippen LogP contribution >= 0.6 is 0 Å². The summed E-state index contributed by atoms with van der Waals surface area (Å²) in [5, 5.41) is 17.9. The summed E-state index contributed by atoms with van der Waals surface area (Å²) in [6.45, 7) is 4.30. The fourth-order valence-electron chi connectivity index (χ4n) is 2.72. The van der Waals surface area contributed by atoms with E-state index in [2.05, 4.69) is 13.8 Å². The van der Waals surface area contributed by atoms with Crippen molar-refractivity contribution in [2.75, 3.05) is 0 Å². The molecule has 2 atom stereocenters. The molecule has 4 heteroatoms. The highest BCUT2D eigenvalue weighted by molar-refractivity contribution is 5.70. The minimum atomic E-state index is -0.845. The van der Waals surface area contributed by atoms with Gasteiger partial charge in [0.15, 0.2) is 0 Å². The van der Waals surface area contributed by atoms with Crippen molar-refractivity contribution in [2.45, 2.75) is 78.1 Å². The molecule has 0 amide bonds. The number of unbranched alkanes of at least 4 members (excludes halogenated alkanes) is 2. The molecule has 20 heavy (non-hydrogen) atoms. The Morgan fingerprint density at radius 2 is 1.60 bits per heavy atom. The molecule has 0 aliphatic rings. The van der Waals surface area contributed by atoms with Gasteiger partial charge in [0.2, 0.25) is 0 Å². The van der Waals surface area contributed by atoms with Gasteiger partial charge >= 0.3 is 11.9 Å². The van der Waals surface area contributed by atoms with Crippen LogP contribution in [0.3, 0.4) is 0 Å². The Bertz CT molecular complexity index is 276. The Balaban J connectivity index is 4.26. The predicted molar refractivity (Wildman–Crippen MR) is 79.8 cm³/mol. The summed E-state index contributed by atoms with van der Waals surface area (Å²) < 4.78 is 0. The van der Waals surface area contributed by atoms with Crippen molar-refractivity contribution in [1.29, 1.82) is 0 Å². The zero-order chi connectivity index (χ0) is 15.4. The smallest absolute Gasteiger partial charge is 0.306 e. The van der Waals surface area contributed by atoms with Crippen LogP contribution in [-0.4, -0.2) is 22.2 Å². The average molecular weight is 286 g/mol. The topological polar surface area (TPSA) is 74.6 Å². The van der Waals surface area contributed by atoms with Gasteiger partial charge in [-0.2, -0.15) is 0 Å². The summed E-state index contributed by atoms with van der Waals surface area (Å²) in [6, 6.07) is 0. The van der Waals surface area contributed by atoms with E-state index in [4.69, 9.17) is 5.11 Å². The van der Waals surface area contributed by atoms with E-state index in [9.17, 15) is 14.7 Å².